The zero-order valence-electron chi connectivity index (χ0n) is 20.9. The van der Waals surface area contributed by atoms with E-state index in [-0.39, 0.29) is 24.5 Å². The summed E-state index contributed by atoms with van der Waals surface area (Å²) in [5.41, 5.74) is 1.16. The van der Waals surface area contributed by atoms with E-state index in [4.69, 9.17) is 9.47 Å². The molecule has 1 aliphatic heterocycles. The number of ether oxygens (including phenoxy) is 2. The smallest absolute Gasteiger partial charge is 0.279 e. The highest BCUT2D eigenvalue weighted by Gasteiger charge is 2.39. The highest BCUT2D eigenvalue weighted by molar-refractivity contribution is 7.87. The lowest BCUT2D eigenvalue weighted by Crippen LogP contribution is -2.52. The SMILES string of the molecule is COc1ccccc1C(=O)NCC1(c2ccccc2)CCN(S(=O)(=O)NCCOc2ccccc2)CC1. The summed E-state index contributed by atoms with van der Waals surface area (Å²) >= 11 is 0. The molecule has 1 heterocycles. The third-order valence-electron chi connectivity index (χ3n) is 6.74. The number of amides is 1. The third-order valence-corrected chi connectivity index (χ3v) is 8.36. The molecule has 0 bridgehead atoms. The average Bonchev–Trinajstić information content (AvgIpc) is 2.95. The Hall–Kier alpha value is -3.40. The Morgan fingerprint density at radius 2 is 1.54 bits per heavy atom. The minimum absolute atomic E-state index is 0.173. The first-order chi connectivity index (χ1) is 17.9. The molecule has 0 aliphatic carbocycles. The van der Waals surface area contributed by atoms with Gasteiger partial charge in [-0.3, -0.25) is 4.79 Å². The molecular weight excluding hydrogens is 490 g/mol. The van der Waals surface area contributed by atoms with Crippen molar-refractivity contribution in [3.05, 3.63) is 96.1 Å². The summed E-state index contributed by atoms with van der Waals surface area (Å²) in [6.45, 7) is 1.48. The van der Waals surface area contributed by atoms with Gasteiger partial charge in [-0.05, 0) is 42.7 Å². The van der Waals surface area contributed by atoms with Crippen LogP contribution in [0.1, 0.15) is 28.8 Å². The number of rotatable bonds is 11. The van der Waals surface area contributed by atoms with Crippen molar-refractivity contribution in [2.75, 3.05) is 39.9 Å². The maximum atomic E-state index is 13.0. The van der Waals surface area contributed by atoms with E-state index >= 15 is 0 Å². The van der Waals surface area contributed by atoms with Gasteiger partial charge in [0.15, 0.2) is 0 Å². The Kier molecular flexibility index (Phi) is 8.81. The predicted octanol–water partition coefficient (Wildman–Crippen LogP) is 3.37. The highest BCUT2D eigenvalue weighted by Crippen LogP contribution is 2.36. The molecule has 2 N–H and O–H groups in total. The van der Waals surface area contributed by atoms with Gasteiger partial charge in [-0.15, -0.1) is 0 Å². The summed E-state index contributed by atoms with van der Waals surface area (Å²) in [7, 11) is -2.12. The van der Waals surface area contributed by atoms with Crippen LogP contribution in [0.3, 0.4) is 0 Å². The highest BCUT2D eigenvalue weighted by atomic mass is 32.2. The van der Waals surface area contributed by atoms with Crippen molar-refractivity contribution < 1.29 is 22.7 Å². The molecule has 8 nitrogen and oxygen atoms in total. The van der Waals surface area contributed by atoms with Crippen LogP contribution in [0.4, 0.5) is 0 Å². The Morgan fingerprint density at radius 1 is 0.919 bits per heavy atom. The number of nitrogens with zero attached hydrogens (tertiary/aromatic N) is 1. The third kappa shape index (κ3) is 6.68. The summed E-state index contributed by atoms with van der Waals surface area (Å²) in [4.78, 5) is 13.0. The van der Waals surface area contributed by atoms with E-state index in [0.29, 0.717) is 49.5 Å². The fraction of sp³-hybridized carbons (Fsp3) is 0.321. The summed E-state index contributed by atoms with van der Waals surface area (Å²) in [6, 6.07) is 26.3. The molecule has 37 heavy (non-hydrogen) atoms. The lowest BCUT2D eigenvalue weighted by Gasteiger charge is -2.41. The van der Waals surface area contributed by atoms with Crippen LogP contribution in [0.5, 0.6) is 11.5 Å². The summed E-state index contributed by atoms with van der Waals surface area (Å²) in [5.74, 6) is 0.988. The zero-order valence-corrected chi connectivity index (χ0v) is 21.7. The second-order valence-corrected chi connectivity index (χ2v) is 10.7. The molecule has 9 heteroatoms. The Labute approximate surface area is 218 Å². The lowest BCUT2D eigenvalue weighted by atomic mass is 9.73. The van der Waals surface area contributed by atoms with E-state index in [0.717, 1.165) is 5.56 Å². The van der Waals surface area contributed by atoms with Crippen LogP contribution in [0.15, 0.2) is 84.9 Å². The van der Waals surface area contributed by atoms with Crippen LogP contribution >= 0.6 is 0 Å². The molecule has 0 spiro atoms. The van der Waals surface area contributed by atoms with Gasteiger partial charge in [0.05, 0.1) is 12.7 Å². The van der Waals surface area contributed by atoms with Crippen LogP contribution < -0.4 is 19.5 Å². The molecule has 0 saturated carbocycles. The number of benzene rings is 3. The van der Waals surface area contributed by atoms with Crippen molar-refractivity contribution in [3.8, 4) is 11.5 Å². The molecule has 3 aromatic rings. The van der Waals surface area contributed by atoms with Crippen LogP contribution in [0, 0.1) is 0 Å². The normalized spacial score (nSPS) is 15.6. The standard InChI is InChI=1S/C28H33N3O5S/c1-35-26-15-9-8-14-25(26)27(32)29-22-28(23-10-4-2-5-11-23)16-19-31(20-17-28)37(33,34)30-18-21-36-24-12-6-3-7-13-24/h2-15,30H,16-22H2,1H3,(H,29,32). The molecule has 0 radical (unpaired) electrons. The predicted molar refractivity (Wildman–Crippen MR) is 143 cm³/mol. The number of para-hydroxylation sites is 2. The van der Waals surface area contributed by atoms with Crippen LogP contribution in [0.25, 0.3) is 0 Å². The van der Waals surface area contributed by atoms with Gasteiger partial charge in [-0.1, -0.05) is 60.7 Å². The van der Waals surface area contributed by atoms with Crippen LogP contribution in [-0.4, -0.2) is 58.5 Å². The first kappa shape index (κ1) is 26.7. The van der Waals surface area contributed by atoms with Crippen molar-refractivity contribution in [1.82, 2.24) is 14.3 Å². The first-order valence-corrected chi connectivity index (χ1v) is 13.8. The van der Waals surface area contributed by atoms with Gasteiger partial charge >= 0.3 is 0 Å². The fourth-order valence-electron chi connectivity index (χ4n) is 4.64. The average molecular weight is 524 g/mol. The zero-order chi connectivity index (χ0) is 26.1. The van der Waals surface area contributed by atoms with E-state index in [1.807, 2.05) is 66.7 Å². The monoisotopic (exact) mass is 523 g/mol. The maximum Gasteiger partial charge on any atom is 0.279 e. The first-order valence-electron chi connectivity index (χ1n) is 12.3. The van der Waals surface area contributed by atoms with Gasteiger partial charge in [-0.2, -0.15) is 17.4 Å². The fourth-order valence-corrected chi connectivity index (χ4v) is 5.83. The maximum absolute atomic E-state index is 13.0. The Balaban J connectivity index is 1.38. The molecular formula is C28H33N3O5S. The molecule has 1 fully saturated rings. The van der Waals surface area contributed by atoms with E-state index in [1.54, 1.807) is 18.2 Å². The van der Waals surface area contributed by atoms with Crippen LogP contribution in [0.2, 0.25) is 0 Å². The van der Waals surface area contributed by atoms with Gasteiger partial charge in [0.2, 0.25) is 0 Å². The van der Waals surface area contributed by atoms with Crippen molar-refractivity contribution in [2.24, 2.45) is 0 Å². The number of carbonyl (C=O) groups excluding carboxylic acids is 1. The summed E-state index contributed by atoms with van der Waals surface area (Å²) < 4.78 is 40.9. The number of nitrogens with one attached hydrogen (secondary N) is 2. The van der Waals surface area contributed by atoms with E-state index in [9.17, 15) is 13.2 Å². The topological polar surface area (TPSA) is 97.0 Å². The van der Waals surface area contributed by atoms with E-state index < -0.39 is 10.2 Å². The Bertz CT molecular complexity index is 1260. The van der Waals surface area contributed by atoms with Gasteiger partial charge in [0, 0.05) is 31.6 Å². The van der Waals surface area contributed by atoms with Crippen molar-refractivity contribution in [2.45, 2.75) is 18.3 Å². The van der Waals surface area contributed by atoms with Gasteiger partial charge in [0.25, 0.3) is 16.1 Å². The van der Waals surface area contributed by atoms with Crippen LogP contribution in [-0.2, 0) is 15.6 Å². The summed E-state index contributed by atoms with van der Waals surface area (Å²) in [6.07, 6.45) is 1.15. The molecule has 4 rings (SSSR count). The van der Waals surface area contributed by atoms with E-state index in [1.165, 1.54) is 11.4 Å². The lowest BCUT2D eigenvalue weighted by molar-refractivity contribution is 0.0929. The molecule has 0 unspecified atom stereocenters. The number of carbonyl (C=O) groups is 1. The molecule has 0 aromatic heterocycles. The molecule has 1 amide bonds. The molecule has 1 saturated heterocycles. The van der Waals surface area contributed by atoms with Gasteiger partial charge in [0.1, 0.15) is 18.1 Å². The number of hydrogen-bond acceptors (Lipinski definition) is 5. The molecule has 196 valence electrons. The molecule has 0 atom stereocenters. The number of hydrogen-bond donors (Lipinski definition) is 2. The second-order valence-electron chi connectivity index (χ2n) is 8.99. The quantitative estimate of drug-likeness (QED) is 0.376. The molecule has 3 aromatic carbocycles. The molecule has 1 aliphatic rings. The van der Waals surface area contributed by atoms with Gasteiger partial charge in [-0.25, -0.2) is 0 Å². The largest absolute Gasteiger partial charge is 0.496 e. The Morgan fingerprint density at radius 3 is 2.22 bits per heavy atom. The minimum Gasteiger partial charge on any atom is -0.496 e. The summed E-state index contributed by atoms with van der Waals surface area (Å²) in [5, 5.41) is 3.07. The van der Waals surface area contributed by atoms with Crippen molar-refractivity contribution in [1.29, 1.82) is 0 Å². The number of piperidine rings is 1. The van der Waals surface area contributed by atoms with Crippen molar-refractivity contribution in [3.63, 3.8) is 0 Å². The second kappa shape index (κ2) is 12.2. The van der Waals surface area contributed by atoms with Crippen molar-refractivity contribution >= 4 is 16.1 Å². The van der Waals surface area contributed by atoms with E-state index in [2.05, 4.69) is 10.0 Å². The number of methoxy groups -OCH3 is 1. The van der Waals surface area contributed by atoms with Gasteiger partial charge < -0.3 is 14.8 Å². The minimum atomic E-state index is -3.65.